The van der Waals surface area contributed by atoms with Gasteiger partial charge in [0.05, 0.1) is 4.88 Å². The van der Waals surface area contributed by atoms with Gasteiger partial charge in [0.2, 0.25) is 5.91 Å². The molecule has 2 amide bonds. The molecule has 1 unspecified atom stereocenters. The number of halogens is 2. The van der Waals surface area contributed by atoms with Gasteiger partial charge < -0.3 is 9.80 Å². The van der Waals surface area contributed by atoms with Gasteiger partial charge in [-0.05, 0) is 36.4 Å². The molecule has 0 spiro atoms. The van der Waals surface area contributed by atoms with Crippen molar-refractivity contribution in [2.75, 3.05) is 13.6 Å². The molecular weight excluding hydrogens is 363 g/mol. The predicted octanol–water partition coefficient (Wildman–Crippen LogP) is 3.80. The van der Waals surface area contributed by atoms with Crippen molar-refractivity contribution in [3.05, 3.63) is 57.0 Å². The largest absolute Gasteiger partial charge is 0.339 e. The van der Waals surface area contributed by atoms with Crippen LogP contribution in [-0.2, 0) is 11.3 Å². The Labute approximate surface area is 154 Å². The lowest BCUT2D eigenvalue weighted by atomic mass is 10.1. The number of thiophene rings is 1. The molecule has 4 nitrogen and oxygen atoms in total. The van der Waals surface area contributed by atoms with E-state index in [1.165, 1.54) is 28.4 Å². The first-order valence-corrected chi connectivity index (χ1v) is 9.27. The van der Waals surface area contributed by atoms with E-state index in [-0.39, 0.29) is 28.9 Å². The van der Waals surface area contributed by atoms with E-state index in [0.29, 0.717) is 17.8 Å². The summed E-state index contributed by atoms with van der Waals surface area (Å²) in [7, 11) is 1.61. The zero-order chi connectivity index (χ0) is 18.0. The van der Waals surface area contributed by atoms with Gasteiger partial charge in [0, 0.05) is 30.7 Å². The third-order valence-corrected chi connectivity index (χ3v) is 5.58. The Morgan fingerprint density at radius 2 is 2.16 bits per heavy atom. The van der Waals surface area contributed by atoms with E-state index < -0.39 is 11.9 Å². The van der Waals surface area contributed by atoms with E-state index in [1.807, 2.05) is 11.4 Å². The Hall–Kier alpha value is -1.92. The van der Waals surface area contributed by atoms with Crippen LogP contribution in [0.5, 0.6) is 0 Å². The topological polar surface area (TPSA) is 40.6 Å². The van der Waals surface area contributed by atoms with Crippen LogP contribution in [-0.4, -0.2) is 41.2 Å². The Morgan fingerprint density at radius 1 is 1.36 bits per heavy atom. The number of likely N-dealkylation sites (N-methyl/N-ethyl adjacent to an activating group) is 1. The number of carbonyl (C=O) groups is 2. The van der Waals surface area contributed by atoms with Crippen molar-refractivity contribution < 1.29 is 14.0 Å². The van der Waals surface area contributed by atoms with Gasteiger partial charge in [-0.15, -0.1) is 11.3 Å². The van der Waals surface area contributed by atoms with Gasteiger partial charge in [-0.3, -0.25) is 9.59 Å². The van der Waals surface area contributed by atoms with E-state index in [0.717, 1.165) is 6.42 Å². The number of carbonyl (C=O) groups excluding carboxylic acids is 2. The molecule has 1 aliphatic heterocycles. The molecule has 0 saturated carbocycles. The maximum atomic E-state index is 14.0. The fourth-order valence-corrected chi connectivity index (χ4v) is 3.96. The van der Waals surface area contributed by atoms with Crippen molar-refractivity contribution in [2.24, 2.45) is 0 Å². The van der Waals surface area contributed by atoms with Crippen LogP contribution >= 0.6 is 22.9 Å². The first-order chi connectivity index (χ1) is 12.0. The Kier molecular flexibility index (Phi) is 5.39. The summed E-state index contributed by atoms with van der Waals surface area (Å²) in [6, 6.07) is 7.52. The number of rotatable bonds is 4. The molecule has 1 atom stereocenters. The van der Waals surface area contributed by atoms with Gasteiger partial charge in [0.25, 0.3) is 5.91 Å². The van der Waals surface area contributed by atoms with E-state index in [1.54, 1.807) is 24.1 Å². The van der Waals surface area contributed by atoms with Crippen LogP contribution in [0.25, 0.3) is 0 Å². The normalized spacial score (nSPS) is 16.9. The highest BCUT2D eigenvalue weighted by Crippen LogP contribution is 2.25. The van der Waals surface area contributed by atoms with E-state index in [9.17, 15) is 14.0 Å². The highest BCUT2D eigenvalue weighted by Gasteiger charge is 2.36. The summed E-state index contributed by atoms with van der Waals surface area (Å²) in [6.07, 6.45) is 1.40. The molecular formula is C18H18ClFN2O2S. The molecule has 132 valence electrons. The first kappa shape index (κ1) is 17.9. The Bertz CT molecular complexity index is 761. The molecule has 0 N–H and O–H groups in total. The van der Waals surface area contributed by atoms with Gasteiger partial charge in [-0.1, -0.05) is 23.7 Å². The van der Waals surface area contributed by atoms with Crippen molar-refractivity contribution in [2.45, 2.75) is 25.4 Å². The lowest BCUT2D eigenvalue weighted by Crippen LogP contribution is -2.46. The Balaban J connectivity index is 1.74. The smallest absolute Gasteiger partial charge is 0.264 e. The average Bonchev–Trinajstić information content (AvgIpc) is 3.28. The van der Waals surface area contributed by atoms with Crippen LogP contribution in [0.1, 0.15) is 28.1 Å². The summed E-state index contributed by atoms with van der Waals surface area (Å²) < 4.78 is 14.0. The van der Waals surface area contributed by atoms with Gasteiger partial charge in [0.1, 0.15) is 11.9 Å². The second-order valence-corrected chi connectivity index (χ2v) is 7.38. The van der Waals surface area contributed by atoms with E-state index in [4.69, 9.17) is 11.6 Å². The maximum absolute atomic E-state index is 14.0. The minimum absolute atomic E-state index is 0.0713. The van der Waals surface area contributed by atoms with Crippen molar-refractivity contribution in [1.29, 1.82) is 0 Å². The fourth-order valence-electron chi connectivity index (χ4n) is 3.06. The predicted molar refractivity (Wildman–Crippen MR) is 96.3 cm³/mol. The number of hydrogen-bond donors (Lipinski definition) is 0. The van der Waals surface area contributed by atoms with Gasteiger partial charge in [-0.25, -0.2) is 4.39 Å². The summed E-state index contributed by atoms with van der Waals surface area (Å²) in [6.45, 7) is 0.628. The molecule has 0 radical (unpaired) electrons. The van der Waals surface area contributed by atoms with Gasteiger partial charge >= 0.3 is 0 Å². The molecule has 2 aromatic rings. The molecule has 1 aromatic heterocycles. The molecule has 2 heterocycles. The molecule has 1 aliphatic rings. The highest BCUT2D eigenvalue weighted by molar-refractivity contribution is 7.12. The highest BCUT2D eigenvalue weighted by atomic mass is 35.5. The van der Waals surface area contributed by atoms with Crippen molar-refractivity contribution in [1.82, 2.24) is 9.80 Å². The number of benzene rings is 1. The monoisotopic (exact) mass is 380 g/mol. The van der Waals surface area contributed by atoms with E-state index in [2.05, 4.69) is 0 Å². The summed E-state index contributed by atoms with van der Waals surface area (Å²) >= 11 is 7.41. The second-order valence-electron chi connectivity index (χ2n) is 6.03. The van der Waals surface area contributed by atoms with Crippen LogP contribution in [0.4, 0.5) is 4.39 Å². The third-order valence-electron chi connectivity index (χ3n) is 4.36. The van der Waals surface area contributed by atoms with Crippen molar-refractivity contribution >= 4 is 34.8 Å². The number of nitrogens with zero attached hydrogens (tertiary/aromatic N) is 2. The molecule has 3 rings (SSSR count). The number of hydrogen-bond acceptors (Lipinski definition) is 3. The lowest BCUT2D eigenvalue weighted by Gasteiger charge is -2.28. The average molecular weight is 381 g/mol. The molecule has 7 heteroatoms. The van der Waals surface area contributed by atoms with Crippen LogP contribution in [0.3, 0.4) is 0 Å². The van der Waals surface area contributed by atoms with E-state index >= 15 is 0 Å². The fraction of sp³-hybridized carbons (Fsp3) is 0.333. The van der Waals surface area contributed by atoms with Crippen molar-refractivity contribution in [3.63, 3.8) is 0 Å². The molecule has 0 bridgehead atoms. The Morgan fingerprint density at radius 3 is 2.84 bits per heavy atom. The summed E-state index contributed by atoms with van der Waals surface area (Å²) in [4.78, 5) is 29.1. The molecule has 1 aromatic carbocycles. The van der Waals surface area contributed by atoms with Crippen LogP contribution in [0.2, 0.25) is 5.02 Å². The van der Waals surface area contributed by atoms with Crippen molar-refractivity contribution in [3.8, 4) is 0 Å². The third kappa shape index (κ3) is 3.70. The van der Waals surface area contributed by atoms with Crippen LogP contribution in [0.15, 0.2) is 35.7 Å². The maximum Gasteiger partial charge on any atom is 0.264 e. The second kappa shape index (κ2) is 7.54. The van der Waals surface area contributed by atoms with Gasteiger partial charge in [0.15, 0.2) is 0 Å². The number of amides is 2. The minimum atomic E-state index is -0.509. The van der Waals surface area contributed by atoms with Crippen LogP contribution < -0.4 is 0 Å². The van der Waals surface area contributed by atoms with Crippen LogP contribution in [0, 0.1) is 5.82 Å². The number of likely N-dealkylation sites (tertiary alicyclic amines) is 1. The zero-order valence-electron chi connectivity index (χ0n) is 13.7. The van der Waals surface area contributed by atoms with Gasteiger partial charge in [-0.2, -0.15) is 0 Å². The molecule has 1 fully saturated rings. The lowest BCUT2D eigenvalue weighted by molar-refractivity contribution is -0.134. The molecule has 0 aliphatic carbocycles. The first-order valence-electron chi connectivity index (χ1n) is 8.01. The zero-order valence-corrected chi connectivity index (χ0v) is 15.3. The summed E-state index contributed by atoms with van der Waals surface area (Å²) in [5, 5.41) is 2.13. The molecule has 25 heavy (non-hydrogen) atoms. The molecule has 1 saturated heterocycles. The minimum Gasteiger partial charge on any atom is -0.339 e. The summed E-state index contributed by atoms with van der Waals surface area (Å²) in [5.41, 5.74) is 0.286. The summed E-state index contributed by atoms with van der Waals surface area (Å²) in [5.74, 6) is -0.755. The SMILES string of the molecule is CN(Cc1c(F)cccc1Cl)C(=O)C1CCCN1C(=O)c1cccs1. The standard InChI is InChI=1S/C18H18ClFN2O2S/c1-21(11-12-13(19)5-2-6-14(12)20)17(23)15-7-3-9-22(15)18(24)16-8-4-10-25-16/h2,4-6,8,10,15H,3,7,9,11H2,1H3. The quantitative estimate of drug-likeness (QED) is 0.809.